The van der Waals surface area contributed by atoms with Gasteiger partial charge in [-0.05, 0) is 25.8 Å². The maximum absolute atomic E-state index is 5.85. The van der Waals surface area contributed by atoms with E-state index in [9.17, 15) is 0 Å². The van der Waals surface area contributed by atoms with Crippen LogP contribution < -0.4 is 5.73 Å². The monoisotopic (exact) mass is 237 g/mol. The van der Waals surface area contributed by atoms with Crippen molar-refractivity contribution in [2.24, 2.45) is 10.7 Å². The summed E-state index contributed by atoms with van der Waals surface area (Å²) in [6.45, 7) is 2.13. The van der Waals surface area contributed by atoms with Crippen LogP contribution in [0.4, 0.5) is 0 Å². The molecule has 86 valence electrons. The SMILES string of the molecule is Cc1cc2c(s1)CCCC21N=C(N)N(C)O1. The van der Waals surface area contributed by atoms with Gasteiger partial charge >= 0.3 is 0 Å². The van der Waals surface area contributed by atoms with Crippen molar-refractivity contribution < 1.29 is 4.84 Å². The average Bonchev–Trinajstić information content (AvgIpc) is 2.71. The highest BCUT2D eigenvalue weighted by molar-refractivity contribution is 7.12. The Morgan fingerprint density at radius 2 is 2.44 bits per heavy atom. The fourth-order valence-electron chi connectivity index (χ4n) is 2.46. The lowest BCUT2D eigenvalue weighted by Gasteiger charge is -2.29. The molecule has 1 spiro atoms. The van der Waals surface area contributed by atoms with E-state index >= 15 is 0 Å². The fourth-order valence-corrected chi connectivity index (χ4v) is 3.60. The summed E-state index contributed by atoms with van der Waals surface area (Å²) in [6.07, 6.45) is 3.16. The van der Waals surface area contributed by atoms with Gasteiger partial charge in [0.1, 0.15) is 0 Å². The molecule has 0 fully saturated rings. The van der Waals surface area contributed by atoms with Crippen molar-refractivity contribution in [3.63, 3.8) is 0 Å². The number of aryl methyl sites for hydroxylation is 2. The standard InChI is InChI=1S/C11H15N3OS/c1-7-6-8-9(16-7)4-3-5-11(8)13-10(12)14(2)15-11/h6H,3-5H2,1-2H3,(H2,12,13). The summed E-state index contributed by atoms with van der Waals surface area (Å²) in [5.41, 5.74) is 6.49. The highest BCUT2D eigenvalue weighted by Gasteiger charge is 2.44. The van der Waals surface area contributed by atoms with Crippen molar-refractivity contribution in [3.05, 3.63) is 21.4 Å². The first-order chi connectivity index (χ1) is 7.61. The summed E-state index contributed by atoms with van der Waals surface area (Å²) in [4.78, 5) is 13.1. The third-order valence-electron chi connectivity index (χ3n) is 3.18. The highest BCUT2D eigenvalue weighted by Crippen LogP contribution is 2.45. The second-order valence-electron chi connectivity index (χ2n) is 4.39. The van der Waals surface area contributed by atoms with Gasteiger partial charge in [0.05, 0.1) is 0 Å². The molecule has 0 saturated heterocycles. The van der Waals surface area contributed by atoms with Crippen LogP contribution >= 0.6 is 11.3 Å². The molecule has 1 atom stereocenters. The van der Waals surface area contributed by atoms with E-state index in [4.69, 9.17) is 10.6 Å². The van der Waals surface area contributed by atoms with E-state index in [0.717, 1.165) is 19.3 Å². The van der Waals surface area contributed by atoms with Crippen molar-refractivity contribution in [1.82, 2.24) is 5.06 Å². The molecule has 1 aliphatic carbocycles. The molecule has 0 amide bonds. The predicted molar refractivity (Wildman–Crippen MR) is 64.1 cm³/mol. The maximum atomic E-state index is 5.85. The molecule has 2 heterocycles. The van der Waals surface area contributed by atoms with Crippen molar-refractivity contribution in [2.45, 2.75) is 31.9 Å². The van der Waals surface area contributed by atoms with Gasteiger partial charge in [0, 0.05) is 28.8 Å². The number of nitrogens with two attached hydrogens (primary N) is 1. The average molecular weight is 237 g/mol. The minimum Gasteiger partial charge on any atom is -0.368 e. The Morgan fingerprint density at radius 1 is 1.62 bits per heavy atom. The molecule has 3 rings (SSSR count). The van der Waals surface area contributed by atoms with Crippen LogP contribution in [-0.2, 0) is 17.0 Å². The molecule has 1 aliphatic heterocycles. The van der Waals surface area contributed by atoms with E-state index < -0.39 is 5.72 Å². The van der Waals surface area contributed by atoms with E-state index in [-0.39, 0.29) is 0 Å². The summed E-state index contributed by atoms with van der Waals surface area (Å²) < 4.78 is 0. The van der Waals surface area contributed by atoms with Gasteiger partial charge in [-0.1, -0.05) is 0 Å². The van der Waals surface area contributed by atoms with Crippen LogP contribution in [0.1, 0.15) is 28.2 Å². The molecular formula is C11H15N3OS. The summed E-state index contributed by atoms with van der Waals surface area (Å²) in [5.74, 6) is 0.469. The van der Waals surface area contributed by atoms with Gasteiger partial charge in [-0.25, -0.2) is 14.9 Å². The van der Waals surface area contributed by atoms with E-state index in [1.54, 1.807) is 12.1 Å². The highest BCUT2D eigenvalue weighted by atomic mass is 32.1. The summed E-state index contributed by atoms with van der Waals surface area (Å²) in [7, 11) is 1.81. The van der Waals surface area contributed by atoms with E-state index in [1.807, 2.05) is 11.3 Å². The number of aliphatic imine (C=N–C) groups is 1. The van der Waals surface area contributed by atoms with Gasteiger partial charge < -0.3 is 5.73 Å². The Labute approximate surface area is 98.7 Å². The Hall–Kier alpha value is -1.07. The molecule has 1 unspecified atom stereocenters. The lowest BCUT2D eigenvalue weighted by molar-refractivity contribution is -0.178. The Morgan fingerprint density at radius 3 is 3.12 bits per heavy atom. The molecule has 0 bridgehead atoms. The van der Waals surface area contributed by atoms with Crippen LogP contribution in [0.2, 0.25) is 0 Å². The van der Waals surface area contributed by atoms with Gasteiger partial charge in [-0.2, -0.15) is 0 Å². The molecule has 0 radical (unpaired) electrons. The number of guanidine groups is 1. The molecule has 1 aromatic heterocycles. The molecule has 0 aromatic carbocycles. The Bertz CT molecular complexity index is 468. The maximum Gasteiger partial charge on any atom is 0.218 e. The molecule has 1 aromatic rings. The summed E-state index contributed by atoms with van der Waals surface area (Å²) in [6, 6.07) is 2.19. The number of nitrogens with zero attached hydrogens (tertiary/aromatic N) is 2. The fraction of sp³-hybridized carbons (Fsp3) is 0.545. The third kappa shape index (κ3) is 1.28. The van der Waals surface area contributed by atoms with Crippen LogP contribution in [0.5, 0.6) is 0 Å². The predicted octanol–water partition coefficient (Wildman–Crippen LogP) is 1.74. The molecule has 16 heavy (non-hydrogen) atoms. The zero-order valence-electron chi connectivity index (χ0n) is 9.49. The lowest BCUT2D eigenvalue weighted by atomic mass is 9.90. The van der Waals surface area contributed by atoms with E-state index in [0.29, 0.717) is 5.96 Å². The minimum absolute atomic E-state index is 0.469. The second kappa shape index (κ2) is 3.21. The van der Waals surface area contributed by atoms with Gasteiger partial charge in [0.25, 0.3) is 0 Å². The topological polar surface area (TPSA) is 50.8 Å². The molecule has 0 saturated carbocycles. The van der Waals surface area contributed by atoms with Crippen LogP contribution in [0.25, 0.3) is 0 Å². The summed E-state index contributed by atoms with van der Waals surface area (Å²) >= 11 is 1.84. The van der Waals surface area contributed by atoms with Gasteiger partial charge in [0.15, 0.2) is 0 Å². The van der Waals surface area contributed by atoms with Crippen molar-refractivity contribution in [1.29, 1.82) is 0 Å². The Balaban J connectivity index is 2.11. The normalized spacial score (nSPS) is 28.4. The number of hydroxylamine groups is 2. The van der Waals surface area contributed by atoms with E-state index in [2.05, 4.69) is 18.0 Å². The lowest BCUT2D eigenvalue weighted by Crippen LogP contribution is -2.33. The smallest absolute Gasteiger partial charge is 0.218 e. The molecule has 2 N–H and O–H groups in total. The Kier molecular flexibility index (Phi) is 2.03. The number of hydrogen-bond donors (Lipinski definition) is 1. The molecule has 4 nitrogen and oxygen atoms in total. The van der Waals surface area contributed by atoms with Crippen LogP contribution in [0, 0.1) is 6.92 Å². The van der Waals surface area contributed by atoms with Gasteiger partial charge in [0.2, 0.25) is 11.7 Å². The van der Waals surface area contributed by atoms with Crippen molar-refractivity contribution >= 4 is 17.3 Å². The van der Waals surface area contributed by atoms with Crippen molar-refractivity contribution in [2.75, 3.05) is 7.05 Å². The van der Waals surface area contributed by atoms with Gasteiger partial charge in [-0.3, -0.25) is 0 Å². The second-order valence-corrected chi connectivity index (χ2v) is 5.73. The summed E-state index contributed by atoms with van der Waals surface area (Å²) in [5, 5.41) is 1.57. The first-order valence-corrected chi connectivity index (χ1v) is 6.30. The molecule has 2 aliphatic rings. The minimum atomic E-state index is -0.531. The number of thiophene rings is 1. The van der Waals surface area contributed by atoms with Crippen LogP contribution in [0.3, 0.4) is 0 Å². The van der Waals surface area contributed by atoms with E-state index in [1.165, 1.54) is 15.3 Å². The van der Waals surface area contributed by atoms with Crippen LogP contribution in [-0.4, -0.2) is 18.1 Å². The zero-order chi connectivity index (χ0) is 11.3. The van der Waals surface area contributed by atoms with Crippen LogP contribution in [0.15, 0.2) is 11.1 Å². The number of hydrogen-bond acceptors (Lipinski definition) is 5. The van der Waals surface area contributed by atoms with Gasteiger partial charge in [-0.15, -0.1) is 11.3 Å². The quantitative estimate of drug-likeness (QED) is 0.747. The van der Waals surface area contributed by atoms with Crippen molar-refractivity contribution in [3.8, 4) is 0 Å². The largest absolute Gasteiger partial charge is 0.368 e. The number of rotatable bonds is 0. The molecular weight excluding hydrogens is 222 g/mol. The number of fused-ring (bicyclic) bond motifs is 2. The molecule has 5 heteroatoms. The third-order valence-corrected chi connectivity index (χ3v) is 4.29. The zero-order valence-corrected chi connectivity index (χ0v) is 10.3. The first-order valence-electron chi connectivity index (χ1n) is 5.49. The first kappa shape index (κ1) is 10.1.